The lowest BCUT2D eigenvalue weighted by Crippen LogP contribution is -2.24. The second-order valence-electron chi connectivity index (χ2n) is 8.75. The quantitative estimate of drug-likeness (QED) is 0.287. The molecule has 10 heteroatoms. The summed E-state index contributed by atoms with van der Waals surface area (Å²) < 4.78 is 44.2. The number of benzene rings is 2. The Balaban J connectivity index is 1.59. The Morgan fingerprint density at radius 1 is 0.974 bits per heavy atom. The summed E-state index contributed by atoms with van der Waals surface area (Å²) >= 11 is 0. The van der Waals surface area contributed by atoms with Crippen molar-refractivity contribution in [1.29, 1.82) is 0 Å². The number of nitrogens with zero attached hydrogens (tertiary/aromatic N) is 1. The fraction of sp³-hybridized carbons (Fsp3) is 0.241. The summed E-state index contributed by atoms with van der Waals surface area (Å²) in [5, 5.41) is 0. The molecular weight excluding hydrogens is 520 g/mol. The number of sulfonamides is 1. The van der Waals surface area contributed by atoms with Crippen LogP contribution in [0.5, 0.6) is 5.75 Å². The van der Waals surface area contributed by atoms with Crippen molar-refractivity contribution in [1.82, 2.24) is 4.72 Å². The van der Waals surface area contributed by atoms with Crippen LogP contribution >= 0.6 is 0 Å². The highest BCUT2D eigenvalue weighted by atomic mass is 32.2. The molecule has 0 saturated carbocycles. The van der Waals surface area contributed by atoms with E-state index >= 15 is 0 Å². The van der Waals surface area contributed by atoms with Crippen molar-refractivity contribution in [3.63, 3.8) is 0 Å². The van der Waals surface area contributed by atoms with Crippen molar-refractivity contribution in [2.24, 2.45) is 0 Å². The van der Waals surface area contributed by atoms with Gasteiger partial charge in [0.2, 0.25) is 10.0 Å². The lowest BCUT2D eigenvalue weighted by Gasteiger charge is -2.18. The maximum Gasteiger partial charge on any atom is 0.340 e. The van der Waals surface area contributed by atoms with Gasteiger partial charge in [-0.1, -0.05) is 17.7 Å². The van der Waals surface area contributed by atoms with E-state index < -0.39 is 21.9 Å². The Morgan fingerprint density at radius 3 is 2.31 bits per heavy atom. The monoisotopic (exact) mass is 550 g/mol. The minimum atomic E-state index is -3.74. The van der Waals surface area contributed by atoms with Gasteiger partial charge in [-0.05, 0) is 82.3 Å². The van der Waals surface area contributed by atoms with Crippen LogP contribution in [0.15, 0.2) is 86.8 Å². The Labute approximate surface area is 227 Å². The second kappa shape index (κ2) is 11.7. The van der Waals surface area contributed by atoms with E-state index in [2.05, 4.69) is 4.72 Å². The first-order valence-corrected chi connectivity index (χ1v) is 13.9. The van der Waals surface area contributed by atoms with Gasteiger partial charge in [0, 0.05) is 11.4 Å². The van der Waals surface area contributed by atoms with Crippen LogP contribution in [0.1, 0.15) is 37.9 Å². The lowest BCUT2D eigenvalue weighted by atomic mass is 10.1. The molecule has 1 N–H and O–H groups in total. The minimum Gasteiger partial charge on any atom is -0.494 e. The third kappa shape index (κ3) is 6.13. The molecule has 1 aliphatic heterocycles. The van der Waals surface area contributed by atoms with Gasteiger partial charge in [-0.15, -0.1) is 0 Å². The molecule has 3 aromatic rings. The maximum absolute atomic E-state index is 13.5. The summed E-state index contributed by atoms with van der Waals surface area (Å²) in [5.41, 5.74) is 2.18. The third-order valence-electron chi connectivity index (χ3n) is 6.02. The van der Waals surface area contributed by atoms with Gasteiger partial charge in [0.1, 0.15) is 17.3 Å². The number of hydrogen-bond acceptors (Lipinski definition) is 7. The molecule has 1 aromatic heterocycles. The number of carbonyl (C=O) groups is 2. The number of rotatable bonds is 10. The van der Waals surface area contributed by atoms with E-state index in [1.54, 1.807) is 62.4 Å². The number of aryl methyl sites for hydroxylation is 1. The molecule has 0 bridgehead atoms. The van der Waals surface area contributed by atoms with E-state index in [0.717, 1.165) is 5.56 Å². The summed E-state index contributed by atoms with van der Waals surface area (Å²) in [7, 11) is -3.74. The fourth-order valence-corrected chi connectivity index (χ4v) is 5.12. The van der Waals surface area contributed by atoms with Crippen molar-refractivity contribution < 1.29 is 31.9 Å². The first-order chi connectivity index (χ1) is 18.6. The standard InChI is InChI=1S/C29H30N2O7S/c1-5-36-22-11-9-21(10-12-22)31-20(4)27(29(33)37-6-2)26(28(31)32)17-23-13-14-24(38-23)18-30-39(34,35)25-15-7-19(3)8-16-25/h7-17,30H,5-6,18H2,1-4H3/b26-17+. The van der Waals surface area contributed by atoms with Crippen LogP contribution in [-0.2, 0) is 30.9 Å². The van der Waals surface area contributed by atoms with Crippen LogP contribution in [0.2, 0.25) is 0 Å². The van der Waals surface area contributed by atoms with Crippen molar-refractivity contribution in [2.45, 2.75) is 39.1 Å². The van der Waals surface area contributed by atoms with Crippen molar-refractivity contribution >= 4 is 33.7 Å². The van der Waals surface area contributed by atoms with E-state index in [9.17, 15) is 18.0 Å². The van der Waals surface area contributed by atoms with Gasteiger partial charge in [0.15, 0.2) is 0 Å². The molecule has 4 rings (SSSR count). The number of furan rings is 1. The molecule has 0 radical (unpaired) electrons. The van der Waals surface area contributed by atoms with Gasteiger partial charge in [0.05, 0.1) is 35.8 Å². The Morgan fingerprint density at radius 2 is 1.67 bits per heavy atom. The summed E-state index contributed by atoms with van der Waals surface area (Å²) in [6.45, 7) is 7.69. The highest BCUT2D eigenvalue weighted by Gasteiger charge is 2.38. The molecule has 0 unspecified atom stereocenters. The molecule has 9 nitrogen and oxygen atoms in total. The SMILES string of the molecule is CCOC(=O)C1=C(C)N(c2ccc(OCC)cc2)C(=O)/C1=C/c1ccc(CNS(=O)(=O)c2ccc(C)cc2)o1. The molecule has 0 spiro atoms. The smallest absolute Gasteiger partial charge is 0.340 e. The fourth-order valence-electron chi connectivity index (χ4n) is 4.13. The first-order valence-electron chi connectivity index (χ1n) is 12.5. The predicted molar refractivity (Wildman–Crippen MR) is 146 cm³/mol. The normalized spacial score (nSPS) is 14.8. The average molecular weight is 551 g/mol. The van der Waals surface area contributed by atoms with Gasteiger partial charge in [0.25, 0.3) is 5.91 Å². The van der Waals surface area contributed by atoms with Gasteiger partial charge >= 0.3 is 5.97 Å². The Bertz CT molecular complexity index is 1530. The summed E-state index contributed by atoms with van der Waals surface area (Å²) in [5.74, 6) is 0.242. The van der Waals surface area contributed by atoms with Crippen molar-refractivity contribution in [3.05, 3.63) is 94.6 Å². The van der Waals surface area contributed by atoms with Crippen LogP contribution in [0.25, 0.3) is 6.08 Å². The van der Waals surface area contributed by atoms with Gasteiger partial charge < -0.3 is 13.9 Å². The highest BCUT2D eigenvalue weighted by Crippen LogP contribution is 2.36. The van der Waals surface area contributed by atoms with E-state index in [1.807, 2.05) is 13.8 Å². The number of anilines is 1. The van der Waals surface area contributed by atoms with Gasteiger partial charge in [-0.25, -0.2) is 17.9 Å². The molecule has 1 aliphatic rings. The predicted octanol–water partition coefficient (Wildman–Crippen LogP) is 4.73. The summed E-state index contributed by atoms with van der Waals surface area (Å²) in [4.78, 5) is 28.0. The molecule has 2 heterocycles. The molecule has 0 fully saturated rings. The third-order valence-corrected chi connectivity index (χ3v) is 7.44. The second-order valence-corrected chi connectivity index (χ2v) is 10.5. The average Bonchev–Trinajstić information content (AvgIpc) is 3.45. The van der Waals surface area contributed by atoms with E-state index in [-0.39, 0.29) is 35.0 Å². The molecule has 1 amide bonds. The summed E-state index contributed by atoms with van der Waals surface area (Å²) in [6.07, 6.45) is 1.46. The molecule has 2 aromatic carbocycles. The van der Waals surface area contributed by atoms with Crippen molar-refractivity contribution in [2.75, 3.05) is 18.1 Å². The van der Waals surface area contributed by atoms with Gasteiger partial charge in [-0.3, -0.25) is 9.69 Å². The Kier molecular flexibility index (Phi) is 8.37. The Hall–Kier alpha value is -4.15. The number of carbonyl (C=O) groups excluding carboxylic acids is 2. The number of allylic oxidation sites excluding steroid dienone is 1. The first kappa shape index (κ1) is 27.9. The lowest BCUT2D eigenvalue weighted by molar-refractivity contribution is -0.138. The maximum atomic E-state index is 13.5. The largest absolute Gasteiger partial charge is 0.494 e. The van der Waals surface area contributed by atoms with Gasteiger partial charge in [-0.2, -0.15) is 0 Å². The van der Waals surface area contributed by atoms with Crippen molar-refractivity contribution in [3.8, 4) is 5.75 Å². The van der Waals surface area contributed by atoms with Crippen LogP contribution < -0.4 is 14.4 Å². The molecule has 0 atom stereocenters. The van der Waals surface area contributed by atoms with Crippen LogP contribution in [0.4, 0.5) is 5.69 Å². The van der Waals surface area contributed by atoms with E-state index in [0.29, 0.717) is 29.5 Å². The molecular formula is C29H30N2O7S. The number of amides is 1. The highest BCUT2D eigenvalue weighted by molar-refractivity contribution is 7.89. The van der Waals surface area contributed by atoms with E-state index in [4.69, 9.17) is 13.9 Å². The molecule has 204 valence electrons. The number of nitrogens with one attached hydrogen (secondary N) is 1. The van der Waals surface area contributed by atoms with Crippen LogP contribution in [-0.4, -0.2) is 33.5 Å². The molecule has 0 aliphatic carbocycles. The number of ether oxygens (including phenoxy) is 2. The number of esters is 1. The zero-order valence-electron chi connectivity index (χ0n) is 22.2. The molecule has 0 saturated heterocycles. The zero-order valence-corrected chi connectivity index (χ0v) is 23.0. The van der Waals surface area contributed by atoms with E-state index in [1.165, 1.54) is 23.1 Å². The zero-order chi connectivity index (χ0) is 28.2. The van der Waals surface area contributed by atoms with Crippen LogP contribution in [0, 0.1) is 6.92 Å². The minimum absolute atomic E-state index is 0.0920. The molecule has 39 heavy (non-hydrogen) atoms. The number of hydrogen-bond donors (Lipinski definition) is 1. The van der Waals surface area contributed by atoms with Crippen LogP contribution in [0.3, 0.4) is 0 Å². The summed E-state index contributed by atoms with van der Waals surface area (Å²) in [6, 6.07) is 16.7. The topological polar surface area (TPSA) is 115 Å².